The van der Waals surface area contributed by atoms with Gasteiger partial charge in [0, 0.05) is 29.4 Å². The lowest BCUT2D eigenvalue weighted by Crippen LogP contribution is -2.38. The summed E-state index contributed by atoms with van der Waals surface area (Å²) in [5, 5.41) is 22.5. The molecule has 0 aliphatic carbocycles. The van der Waals surface area contributed by atoms with Crippen LogP contribution in [0.3, 0.4) is 0 Å². The number of hydrogen-bond acceptors (Lipinski definition) is 6. The second-order valence-corrected chi connectivity index (χ2v) is 10.2. The van der Waals surface area contributed by atoms with Crippen LogP contribution in [0.4, 0.5) is 22.9 Å². The maximum atomic E-state index is 14.1. The van der Waals surface area contributed by atoms with Gasteiger partial charge >= 0.3 is 0 Å². The van der Waals surface area contributed by atoms with Crippen LogP contribution < -0.4 is 15.4 Å². The molecule has 0 saturated carbocycles. The Morgan fingerprint density at radius 1 is 0.927 bits per heavy atom. The van der Waals surface area contributed by atoms with Gasteiger partial charge in [0.15, 0.2) is 0 Å². The number of aliphatic hydroxyl groups is 2. The molecule has 1 aliphatic rings. The number of para-hydroxylation sites is 1. The van der Waals surface area contributed by atoms with E-state index in [0.29, 0.717) is 35.2 Å². The van der Waals surface area contributed by atoms with Crippen LogP contribution in [0.5, 0.6) is 0 Å². The summed E-state index contributed by atoms with van der Waals surface area (Å²) in [6.07, 6.45) is 0. The van der Waals surface area contributed by atoms with E-state index in [2.05, 4.69) is 11.7 Å². The summed E-state index contributed by atoms with van der Waals surface area (Å²) < 4.78 is 1.38. The minimum atomic E-state index is -0.462. The zero-order valence-electron chi connectivity index (χ0n) is 22.8. The molecule has 0 atom stereocenters. The van der Waals surface area contributed by atoms with Crippen LogP contribution in [0.15, 0.2) is 83.1 Å². The number of aromatic nitrogens is 2. The monoisotopic (exact) mass is 571 g/mol. The molecule has 210 valence electrons. The second kappa shape index (κ2) is 11.6. The third-order valence-corrected chi connectivity index (χ3v) is 7.21. The number of halogens is 1. The quantitative estimate of drug-likeness (QED) is 0.284. The van der Waals surface area contributed by atoms with E-state index < -0.39 is 5.91 Å². The number of nitrogens with zero attached hydrogens (tertiary/aromatic N) is 4. The van der Waals surface area contributed by atoms with Gasteiger partial charge in [0.25, 0.3) is 11.5 Å². The first-order valence-electron chi connectivity index (χ1n) is 13.1. The summed E-state index contributed by atoms with van der Waals surface area (Å²) in [5.41, 5.74) is 4.15. The number of fused-ring (bicyclic) bond motifs is 1. The van der Waals surface area contributed by atoms with Crippen molar-refractivity contribution in [2.24, 2.45) is 4.99 Å². The fraction of sp³-hybridized carbons (Fsp3) is 0.194. The van der Waals surface area contributed by atoms with Gasteiger partial charge in [0.2, 0.25) is 0 Å². The molecule has 0 saturated heterocycles. The van der Waals surface area contributed by atoms with Crippen molar-refractivity contribution in [1.82, 2.24) is 9.78 Å². The Hall–Kier alpha value is -4.44. The zero-order valence-corrected chi connectivity index (χ0v) is 23.5. The van der Waals surface area contributed by atoms with Crippen LogP contribution in [-0.2, 0) is 4.79 Å². The molecule has 5 rings (SSSR count). The third kappa shape index (κ3) is 5.22. The van der Waals surface area contributed by atoms with Crippen molar-refractivity contribution in [3.8, 4) is 5.69 Å². The van der Waals surface area contributed by atoms with Crippen molar-refractivity contribution in [3.63, 3.8) is 0 Å². The van der Waals surface area contributed by atoms with Crippen molar-refractivity contribution in [1.29, 1.82) is 0 Å². The molecule has 3 N–H and O–H groups in total. The number of hydrogen-bond donors (Lipinski definition) is 3. The van der Waals surface area contributed by atoms with E-state index >= 15 is 0 Å². The lowest BCUT2D eigenvalue weighted by atomic mass is 9.98. The fourth-order valence-corrected chi connectivity index (χ4v) is 5.25. The predicted molar refractivity (Wildman–Crippen MR) is 163 cm³/mol. The summed E-state index contributed by atoms with van der Waals surface area (Å²) >= 11 is 6.29. The first-order chi connectivity index (χ1) is 19.7. The van der Waals surface area contributed by atoms with E-state index in [-0.39, 0.29) is 41.4 Å². The van der Waals surface area contributed by atoms with Crippen molar-refractivity contribution in [3.05, 3.63) is 105 Å². The Kier molecular flexibility index (Phi) is 7.94. The Balaban J connectivity index is 1.68. The molecule has 1 aromatic heterocycles. The average molecular weight is 572 g/mol. The van der Waals surface area contributed by atoms with Gasteiger partial charge in [-0.15, -0.1) is 0 Å². The van der Waals surface area contributed by atoms with E-state index in [1.54, 1.807) is 36.4 Å². The number of aliphatic hydroxyl groups excluding tert-OH is 2. The van der Waals surface area contributed by atoms with Gasteiger partial charge in [-0.2, -0.15) is 0 Å². The normalized spacial score (nSPS) is 14.1. The highest BCUT2D eigenvalue weighted by atomic mass is 35.5. The fourth-order valence-electron chi connectivity index (χ4n) is 5.07. The van der Waals surface area contributed by atoms with E-state index in [9.17, 15) is 19.8 Å². The minimum absolute atomic E-state index is 0.0373. The number of H-pyrrole nitrogens is 1. The summed E-state index contributed by atoms with van der Waals surface area (Å²) in [4.78, 5) is 36.0. The van der Waals surface area contributed by atoms with Gasteiger partial charge in [0.1, 0.15) is 11.5 Å². The first-order valence-corrected chi connectivity index (χ1v) is 13.5. The van der Waals surface area contributed by atoms with Crippen LogP contribution in [-0.4, -0.2) is 57.9 Å². The molecule has 9 nitrogen and oxygen atoms in total. The molecule has 41 heavy (non-hydrogen) atoms. The summed E-state index contributed by atoms with van der Waals surface area (Å²) in [7, 11) is 0. The number of aromatic amines is 1. The standard InChI is InChI=1S/C31H30ClN5O4/c1-19-16-25(35(12-14-38)13-15-39)17-20(2)27(19)33-28-21(3)26-29(34-37(30(26)40)23-9-5-4-6-10-23)36(31(28)41)24-11-7-8-22(32)18-24/h4-11,16-18,34,38-39H,3,12-15H2,1-2H3. The van der Waals surface area contributed by atoms with Gasteiger partial charge in [-0.1, -0.05) is 42.4 Å². The second-order valence-electron chi connectivity index (χ2n) is 9.73. The molecular weight excluding hydrogens is 542 g/mol. The third-order valence-electron chi connectivity index (χ3n) is 6.97. The molecule has 0 fully saturated rings. The van der Waals surface area contributed by atoms with Gasteiger partial charge in [0.05, 0.1) is 35.8 Å². The van der Waals surface area contributed by atoms with Crippen LogP contribution in [0.1, 0.15) is 16.7 Å². The minimum Gasteiger partial charge on any atom is -0.395 e. The summed E-state index contributed by atoms with van der Waals surface area (Å²) in [6.45, 7) is 8.51. The molecule has 0 radical (unpaired) electrons. The summed E-state index contributed by atoms with van der Waals surface area (Å²) in [5.74, 6) is -0.182. The van der Waals surface area contributed by atoms with Crippen molar-refractivity contribution in [2.45, 2.75) is 13.8 Å². The van der Waals surface area contributed by atoms with Gasteiger partial charge in [-0.3, -0.25) is 19.6 Å². The van der Waals surface area contributed by atoms with Gasteiger partial charge in [-0.25, -0.2) is 9.67 Å². The number of nitrogens with one attached hydrogen (secondary N) is 1. The van der Waals surface area contributed by atoms with E-state index in [4.69, 9.17) is 16.6 Å². The lowest BCUT2D eigenvalue weighted by Gasteiger charge is -2.28. The van der Waals surface area contributed by atoms with Crippen molar-refractivity contribution < 1.29 is 15.0 Å². The number of carbonyl (C=O) groups excluding carboxylic acids is 1. The predicted octanol–water partition coefficient (Wildman–Crippen LogP) is 4.69. The van der Waals surface area contributed by atoms with Crippen LogP contribution in [0.25, 0.3) is 11.3 Å². The SMILES string of the molecule is C=C1C(=Nc2c(C)cc(N(CCO)CCO)cc2C)C(=O)N(c2cccc(Cl)c2)c2[nH]n(-c3ccccc3)c(=O)c21. The Bertz CT molecular complexity index is 1700. The van der Waals surface area contributed by atoms with Crippen LogP contribution >= 0.6 is 11.6 Å². The first kappa shape index (κ1) is 28.1. The highest BCUT2D eigenvalue weighted by molar-refractivity contribution is 6.62. The highest BCUT2D eigenvalue weighted by Crippen LogP contribution is 2.38. The van der Waals surface area contributed by atoms with Crippen LogP contribution in [0, 0.1) is 13.8 Å². The van der Waals surface area contributed by atoms with Gasteiger partial charge < -0.3 is 15.1 Å². The van der Waals surface area contributed by atoms with Crippen molar-refractivity contribution >= 4 is 51.7 Å². The number of carbonyl (C=O) groups is 1. The number of benzene rings is 3. The zero-order chi connectivity index (χ0) is 29.3. The molecule has 0 spiro atoms. The Morgan fingerprint density at radius 3 is 2.17 bits per heavy atom. The molecule has 10 heteroatoms. The number of anilines is 3. The van der Waals surface area contributed by atoms with Crippen LogP contribution in [0.2, 0.25) is 5.02 Å². The van der Waals surface area contributed by atoms with Crippen molar-refractivity contribution in [2.75, 3.05) is 36.1 Å². The average Bonchev–Trinajstić information content (AvgIpc) is 3.29. The number of amides is 1. The lowest BCUT2D eigenvalue weighted by molar-refractivity contribution is -0.111. The molecule has 1 aliphatic heterocycles. The number of aryl methyl sites for hydroxylation is 2. The Labute approximate surface area is 242 Å². The van der Waals surface area contributed by atoms with E-state index in [1.807, 2.05) is 49.1 Å². The molecule has 0 bridgehead atoms. The Morgan fingerprint density at radius 2 is 1.56 bits per heavy atom. The maximum Gasteiger partial charge on any atom is 0.283 e. The number of aliphatic imine (C=N–C) groups is 1. The molecule has 0 unspecified atom stereocenters. The molecule has 3 aromatic carbocycles. The van der Waals surface area contributed by atoms with E-state index in [0.717, 1.165) is 16.8 Å². The molecule has 2 heterocycles. The summed E-state index contributed by atoms with van der Waals surface area (Å²) in [6, 6.07) is 19.7. The topological polar surface area (TPSA) is 114 Å². The molecule has 4 aromatic rings. The number of rotatable bonds is 8. The van der Waals surface area contributed by atoms with E-state index in [1.165, 1.54) is 9.58 Å². The maximum absolute atomic E-state index is 14.1. The molecule has 1 amide bonds. The smallest absolute Gasteiger partial charge is 0.283 e. The largest absolute Gasteiger partial charge is 0.395 e. The molecular formula is C31H30ClN5O4. The van der Waals surface area contributed by atoms with Gasteiger partial charge in [-0.05, 0) is 67.4 Å². The highest BCUT2D eigenvalue weighted by Gasteiger charge is 2.38.